The number of esters is 1. The predicted molar refractivity (Wildman–Crippen MR) is 138 cm³/mol. The van der Waals surface area contributed by atoms with Gasteiger partial charge in [-0.25, -0.2) is 4.79 Å². The van der Waals surface area contributed by atoms with Gasteiger partial charge in [0.1, 0.15) is 22.8 Å². The van der Waals surface area contributed by atoms with Crippen molar-refractivity contribution in [3.63, 3.8) is 0 Å². The van der Waals surface area contributed by atoms with Gasteiger partial charge in [0.25, 0.3) is 0 Å². The van der Waals surface area contributed by atoms with Gasteiger partial charge in [-0.3, -0.25) is 0 Å². The first-order chi connectivity index (χ1) is 17.5. The molecule has 0 unspecified atom stereocenters. The molecule has 0 N–H and O–H groups in total. The zero-order valence-electron chi connectivity index (χ0n) is 21.8. The van der Waals surface area contributed by atoms with Crippen LogP contribution in [0.25, 0.3) is 0 Å². The molecule has 0 aliphatic carbocycles. The molecular weight excluding hydrogens is 460 g/mol. The van der Waals surface area contributed by atoms with Crippen molar-refractivity contribution in [1.82, 2.24) is 0 Å². The van der Waals surface area contributed by atoms with E-state index in [9.17, 15) is 4.79 Å². The minimum absolute atomic E-state index is 0.406. The topological polar surface area (TPSA) is 72.5 Å². The van der Waals surface area contributed by atoms with Crippen molar-refractivity contribution in [1.29, 1.82) is 0 Å². The SMILES string of the molecule is COC(=O)c1ccc(CCc2cc(CCc3ccc(OC)c(OC)c3)c(OC)cc2OC)cc1OC. The van der Waals surface area contributed by atoms with Crippen LogP contribution in [0.3, 0.4) is 0 Å². The summed E-state index contributed by atoms with van der Waals surface area (Å²) in [6, 6.07) is 15.6. The van der Waals surface area contributed by atoms with Gasteiger partial charge in [0.15, 0.2) is 11.5 Å². The fourth-order valence-electron chi connectivity index (χ4n) is 4.19. The van der Waals surface area contributed by atoms with E-state index in [4.69, 9.17) is 28.4 Å². The normalized spacial score (nSPS) is 10.5. The second kappa shape index (κ2) is 12.7. The van der Waals surface area contributed by atoms with Crippen molar-refractivity contribution in [3.05, 3.63) is 76.3 Å². The summed E-state index contributed by atoms with van der Waals surface area (Å²) in [4.78, 5) is 12.0. The van der Waals surface area contributed by atoms with Gasteiger partial charge in [0.2, 0.25) is 0 Å². The Morgan fingerprint density at radius 2 is 1.03 bits per heavy atom. The van der Waals surface area contributed by atoms with Crippen LogP contribution in [0.2, 0.25) is 0 Å². The lowest BCUT2D eigenvalue weighted by Gasteiger charge is -2.16. The average molecular weight is 495 g/mol. The molecule has 0 saturated heterocycles. The monoisotopic (exact) mass is 494 g/mol. The number of methoxy groups -OCH3 is 6. The number of carbonyl (C=O) groups excluding carboxylic acids is 1. The molecule has 0 aliphatic rings. The summed E-state index contributed by atoms with van der Waals surface area (Å²) in [7, 11) is 9.50. The summed E-state index contributed by atoms with van der Waals surface area (Å²) in [5.41, 5.74) is 4.77. The Hall–Kier alpha value is -3.87. The van der Waals surface area contributed by atoms with Gasteiger partial charge in [-0.2, -0.15) is 0 Å². The van der Waals surface area contributed by atoms with Gasteiger partial charge in [-0.05, 0) is 78.3 Å². The number of hydrogen-bond acceptors (Lipinski definition) is 7. The lowest BCUT2D eigenvalue weighted by atomic mass is 9.97. The molecule has 0 saturated carbocycles. The third kappa shape index (κ3) is 6.22. The number of hydrogen-bond donors (Lipinski definition) is 0. The highest BCUT2D eigenvalue weighted by Crippen LogP contribution is 2.33. The van der Waals surface area contributed by atoms with E-state index in [1.54, 1.807) is 41.6 Å². The molecule has 0 bridgehead atoms. The van der Waals surface area contributed by atoms with Crippen LogP contribution in [-0.2, 0) is 30.4 Å². The minimum atomic E-state index is -0.422. The molecular formula is C29H34O7. The molecule has 0 fully saturated rings. The van der Waals surface area contributed by atoms with Gasteiger partial charge in [0.05, 0.1) is 42.7 Å². The molecule has 3 aromatic rings. The van der Waals surface area contributed by atoms with Crippen molar-refractivity contribution >= 4 is 5.97 Å². The highest BCUT2D eigenvalue weighted by atomic mass is 16.5. The van der Waals surface area contributed by atoms with E-state index in [0.29, 0.717) is 22.8 Å². The van der Waals surface area contributed by atoms with Gasteiger partial charge in [-0.1, -0.05) is 12.1 Å². The van der Waals surface area contributed by atoms with Crippen molar-refractivity contribution < 1.29 is 33.2 Å². The third-order valence-electron chi connectivity index (χ3n) is 6.17. The Morgan fingerprint density at radius 1 is 0.528 bits per heavy atom. The number of carbonyl (C=O) groups is 1. The van der Waals surface area contributed by atoms with E-state index in [-0.39, 0.29) is 0 Å². The molecule has 0 amide bonds. The first kappa shape index (κ1) is 26.7. The molecule has 0 atom stereocenters. The Kier molecular flexibility index (Phi) is 9.45. The summed E-state index contributed by atoms with van der Waals surface area (Å²) in [6.07, 6.45) is 3.10. The highest BCUT2D eigenvalue weighted by molar-refractivity contribution is 5.92. The lowest BCUT2D eigenvalue weighted by Crippen LogP contribution is -2.05. The Bertz CT molecular complexity index is 1190. The van der Waals surface area contributed by atoms with E-state index in [1.165, 1.54) is 7.11 Å². The van der Waals surface area contributed by atoms with Crippen molar-refractivity contribution in [2.45, 2.75) is 25.7 Å². The fraction of sp³-hybridized carbons (Fsp3) is 0.345. The quantitative estimate of drug-likeness (QED) is 0.325. The van der Waals surface area contributed by atoms with E-state index in [0.717, 1.165) is 59.4 Å². The number of benzene rings is 3. The van der Waals surface area contributed by atoms with E-state index >= 15 is 0 Å². The maximum absolute atomic E-state index is 12.0. The maximum atomic E-state index is 12.0. The lowest BCUT2D eigenvalue weighted by molar-refractivity contribution is 0.0597. The van der Waals surface area contributed by atoms with E-state index in [1.807, 2.05) is 36.4 Å². The Labute approximate surface area is 212 Å². The molecule has 7 nitrogen and oxygen atoms in total. The third-order valence-corrected chi connectivity index (χ3v) is 6.17. The molecule has 0 radical (unpaired) electrons. The van der Waals surface area contributed by atoms with Crippen LogP contribution in [0.5, 0.6) is 28.7 Å². The van der Waals surface area contributed by atoms with Gasteiger partial charge in [0, 0.05) is 6.07 Å². The van der Waals surface area contributed by atoms with E-state index in [2.05, 4.69) is 6.07 Å². The first-order valence-electron chi connectivity index (χ1n) is 11.7. The summed E-state index contributed by atoms with van der Waals surface area (Å²) in [6.45, 7) is 0. The van der Waals surface area contributed by atoms with Crippen LogP contribution in [0.4, 0.5) is 0 Å². The zero-order chi connectivity index (χ0) is 26.1. The molecule has 192 valence electrons. The van der Waals surface area contributed by atoms with E-state index < -0.39 is 5.97 Å². The summed E-state index contributed by atoms with van der Waals surface area (Å²) >= 11 is 0. The summed E-state index contributed by atoms with van der Waals surface area (Å²) < 4.78 is 32.3. The van der Waals surface area contributed by atoms with Crippen LogP contribution in [0, 0.1) is 0 Å². The Balaban J connectivity index is 1.80. The van der Waals surface area contributed by atoms with Crippen LogP contribution in [0.15, 0.2) is 48.5 Å². The van der Waals surface area contributed by atoms with Crippen LogP contribution < -0.4 is 23.7 Å². The summed E-state index contributed by atoms with van der Waals surface area (Å²) in [5.74, 6) is 3.07. The fourth-order valence-corrected chi connectivity index (χ4v) is 4.19. The second-order valence-corrected chi connectivity index (χ2v) is 8.19. The maximum Gasteiger partial charge on any atom is 0.341 e. The van der Waals surface area contributed by atoms with Gasteiger partial charge in [-0.15, -0.1) is 0 Å². The van der Waals surface area contributed by atoms with Crippen molar-refractivity contribution in [2.75, 3.05) is 42.7 Å². The minimum Gasteiger partial charge on any atom is -0.496 e. The predicted octanol–water partition coefficient (Wildman–Crippen LogP) is 5.09. The highest BCUT2D eigenvalue weighted by Gasteiger charge is 2.15. The smallest absolute Gasteiger partial charge is 0.341 e. The second-order valence-electron chi connectivity index (χ2n) is 8.19. The molecule has 0 spiro atoms. The van der Waals surface area contributed by atoms with Crippen molar-refractivity contribution in [3.8, 4) is 28.7 Å². The van der Waals surface area contributed by atoms with Gasteiger partial charge >= 0.3 is 5.97 Å². The molecule has 0 heterocycles. The number of aryl methyl sites for hydroxylation is 4. The number of ether oxygens (including phenoxy) is 6. The molecule has 0 aromatic heterocycles. The van der Waals surface area contributed by atoms with Crippen LogP contribution in [0.1, 0.15) is 32.6 Å². The Morgan fingerprint density at radius 3 is 1.53 bits per heavy atom. The molecule has 0 aliphatic heterocycles. The van der Waals surface area contributed by atoms with Crippen LogP contribution in [-0.4, -0.2) is 48.6 Å². The molecule has 7 heteroatoms. The molecule has 36 heavy (non-hydrogen) atoms. The average Bonchev–Trinajstić information content (AvgIpc) is 2.93. The van der Waals surface area contributed by atoms with Crippen molar-refractivity contribution in [2.24, 2.45) is 0 Å². The standard InChI is InChI=1S/C29H34O7/c1-31-24-14-10-20(16-28(24)35-5)8-12-22-17-21(25(32-2)18-26(22)33-3)11-7-19-9-13-23(29(30)36-6)27(15-19)34-4/h9-10,13-18H,7-8,11-12H2,1-6H3. The summed E-state index contributed by atoms with van der Waals surface area (Å²) in [5, 5.41) is 0. The largest absolute Gasteiger partial charge is 0.496 e. The molecule has 3 rings (SSSR count). The molecule has 3 aromatic carbocycles. The first-order valence-corrected chi connectivity index (χ1v) is 11.7. The number of rotatable bonds is 12. The van der Waals surface area contributed by atoms with Crippen LogP contribution >= 0.6 is 0 Å². The van der Waals surface area contributed by atoms with Gasteiger partial charge < -0.3 is 28.4 Å². The zero-order valence-corrected chi connectivity index (χ0v) is 21.8.